The summed E-state index contributed by atoms with van der Waals surface area (Å²) in [4.78, 5) is 16.1. The second-order valence-electron chi connectivity index (χ2n) is 5.85. The normalized spacial score (nSPS) is 11.5. The van der Waals surface area contributed by atoms with E-state index in [2.05, 4.69) is 29.5 Å². The number of benzene rings is 1. The van der Waals surface area contributed by atoms with Gasteiger partial charge in [-0.15, -0.1) is 0 Å². The van der Waals surface area contributed by atoms with Crippen molar-refractivity contribution in [2.75, 3.05) is 17.2 Å². The Labute approximate surface area is 148 Å². The number of nitrogens with one attached hydrogen (secondary N) is 2. The number of amides is 1. The Morgan fingerprint density at radius 2 is 1.88 bits per heavy atom. The fraction of sp³-hybridized carbons (Fsp3) is 0.294. The summed E-state index contributed by atoms with van der Waals surface area (Å²) in [6.45, 7) is 4.88. The van der Waals surface area contributed by atoms with E-state index in [9.17, 15) is 18.0 Å². The first kappa shape index (κ1) is 19.1. The van der Waals surface area contributed by atoms with Gasteiger partial charge >= 0.3 is 6.18 Å². The van der Waals surface area contributed by atoms with Crippen LogP contribution in [0.25, 0.3) is 0 Å². The van der Waals surface area contributed by atoms with E-state index < -0.39 is 22.7 Å². The van der Waals surface area contributed by atoms with Crippen molar-refractivity contribution >= 4 is 28.9 Å². The molecule has 0 bridgehead atoms. The highest BCUT2D eigenvalue weighted by Gasteiger charge is 2.33. The van der Waals surface area contributed by atoms with Crippen molar-refractivity contribution in [3.8, 4) is 0 Å². The molecule has 2 aromatic rings. The van der Waals surface area contributed by atoms with Gasteiger partial charge in [0.05, 0.1) is 22.5 Å². The first-order chi connectivity index (χ1) is 11.7. The number of hydrogen-bond donors (Lipinski definition) is 2. The molecular formula is C17H17ClF3N3O. The van der Waals surface area contributed by atoms with Gasteiger partial charge in [0.25, 0.3) is 5.91 Å². The van der Waals surface area contributed by atoms with E-state index in [0.29, 0.717) is 5.92 Å². The SMILES string of the molecule is CC(C)CNc1ccc(C(=O)Nc2ccc(Cl)c(C(F)(F)F)c2)nc1. The number of halogens is 4. The second-order valence-corrected chi connectivity index (χ2v) is 6.26. The van der Waals surface area contributed by atoms with Crippen molar-refractivity contribution in [2.45, 2.75) is 20.0 Å². The van der Waals surface area contributed by atoms with Crippen LogP contribution in [0.15, 0.2) is 36.5 Å². The Bertz CT molecular complexity index is 746. The number of hydrogen-bond acceptors (Lipinski definition) is 3. The minimum atomic E-state index is -4.60. The maximum absolute atomic E-state index is 12.8. The predicted octanol–water partition coefficient (Wildman–Crippen LogP) is 5.07. The highest BCUT2D eigenvalue weighted by molar-refractivity contribution is 6.31. The molecule has 1 heterocycles. The molecule has 0 spiro atoms. The van der Waals surface area contributed by atoms with Crippen LogP contribution in [0.1, 0.15) is 29.9 Å². The predicted molar refractivity (Wildman–Crippen MR) is 92.0 cm³/mol. The van der Waals surface area contributed by atoms with Gasteiger partial charge in [0.1, 0.15) is 5.69 Å². The van der Waals surface area contributed by atoms with Gasteiger partial charge in [-0.05, 0) is 36.2 Å². The number of aromatic nitrogens is 1. The molecule has 0 saturated carbocycles. The van der Waals surface area contributed by atoms with E-state index in [1.165, 1.54) is 18.3 Å². The number of rotatable bonds is 5. The number of alkyl halides is 3. The van der Waals surface area contributed by atoms with Gasteiger partial charge in [-0.2, -0.15) is 13.2 Å². The average Bonchev–Trinajstić information content (AvgIpc) is 2.54. The minimum Gasteiger partial charge on any atom is -0.384 e. The third-order valence-corrected chi connectivity index (χ3v) is 3.57. The van der Waals surface area contributed by atoms with Gasteiger partial charge in [0, 0.05) is 12.2 Å². The third kappa shape index (κ3) is 5.35. The van der Waals surface area contributed by atoms with E-state index in [1.807, 2.05) is 0 Å². The van der Waals surface area contributed by atoms with Gasteiger partial charge in [0.15, 0.2) is 0 Å². The van der Waals surface area contributed by atoms with Gasteiger partial charge in [0.2, 0.25) is 0 Å². The van der Waals surface area contributed by atoms with Crippen LogP contribution >= 0.6 is 11.6 Å². The van der Waals surface area contributed by atoms with Crippen molar-refractivity contribution in [3.63, 3.8) is 0 Å². The van der Waals surface area contributed by atoms with E-state index >= 15 is 0 Å². The third-order valence-electron chi connectivity index (χ3n) is 3.24. The first-order valence-corrected chi connectivity index (χ1v) is 7.92. The Hall–Kier alpha value is -2.28. The first-order valence-electron chi connectivity index (χ1n) is 7.55. The van der Waals surface area contributed by atoms with Gasteiger partial charge in [-0.3, -0.25) is 4.79 Å². The van der Waals surface area contributed by atoms with Gasteiger partial charge in [-0.1, -0.05) is 25.4 Å². The lowest BCUT2D eigenvalue weighted by molar-refractivity contribution is -0.137. The summed E-state index contributed by atoms with van der Waals surface area (Å²) >= 11 is 5.55. The Balaban J connectivity index is 2.09. The summed E-state index contributed by atoms with van der Waals surface area (Å²) in [7, 11) is 0. The zero-order valence-corrected chi connectivity index (χ0v) is 14.4. The fourth-order valence-electron chi connectivity index (χ4n) is 1.97. The van der Waals surface area contributed by atoms with Crippen LogP contribution in [0.5, 0.6) is 0 Å². The largest absolute Gasteiger partial charge is 0.417 e. The van der Waals surface area contributed by atoms with Crippen LogP contribution in [0.4, 0.5) is 24.5 Å². The number of pyridine rings is 1. The molecule has 1 aromatic carbocycles. The maximum Gasteiger partial charge on any atom is 0.417 e. The molecule has 2 N–H and O–H groups in total. The zero-order chi connectivity index (χ0) is 18.6. The Morgan fingerprint density at radius 1 is 1.20 bits per heavy atom. The summed E-state index contributed by atoms with van der Waals surface area (Å²) < 4.78 is 38.5. The zero-order valence-electron chi connectivity index (χ0n) is 13.6. The number of anilines is 2. The Kier molecular flexibility index (Phi) is 5.89. The molecule has 0 aliphatic carbocycles. The van der Waals surface area contributed by atoms with Crippen LogP contribution in [-0.2, 0) is 6.18 Å². The molecule has 134 valence electrons. The van der Waals surface area contributed by atoms with Crippen molar-refractivity contribution in [1.82, 2.24) is 4.98 Å². The van der Waals surface area contributed by atoms with Gasteiger partial charge < -0.3 is 10.6 Å². The molecule has 25 heavy (non-hydrogen) atoms. The van der Waals surface area contributed by atoms with Crippen molar-refractivity contribution in [3.05, 3.63) is 52.8 Å². The highest BCUT2D eigenvalue weighted by Crippen LogP contribution is 2.36. The second kappa shape index (κ2) is 7.74. The minimum absolute atomic E-state index is 0.00876. The molecule has 1 amide bonds. The number of carbonyl (C=O) groups excluding carboxylic acids is 1. The summed E-state index contributed by atoms with van der Waals surface area (Å²) in [5, 5.41) is 5.12. The fourth-order valence-corrected chi connectivity index (χ4v) is 2.19. The highest BCUT2D eigenvalue weighted by atomic mass is 35.5. The van der Waals surface area contributed by atoms with Crippen LogP contribution in [0.2, 0.25) is 5.02 Å². The van der Waals surface area contributed by atoms with E-state index in [4.69, 9.17) is 11.6 Å². The molecule has 0 fully saturated rings. The molecule has 8 heteroatoms. The summed E-state index contributed by atoms with van der Waals surface area (Å²) in [6, 6.07) is 6.37. The van der Waals surface area contributed by atoms with Crippen LogP contribution in [-0.4, -0.2) is 17.4 Å². The van der Waals surface area contributed by atoms with Crippen molar-refractivity contribution in [1.29, 1.82) is 0 Å². The molecule has 0 atom stereocenters. The van der Waals surface area contributed by atoms with Crippen LogP contribution in [0, 0.1) is 5.92 Å². The summed E-state index contributed by atoms with van der Waals surface area (Å²) in [6.07, 6.45) is -3.10. The van der Waals surface area contributed by atoms with E-state index in [0.717, 1.165) is 24.4 Å². The monoisotopic (exact) mass is 371 g/mol. The van der Waals surface area contributed by atoms with Crippen molar-refractivity contribution in [2.24, 2.45) is 5.92 Å². The van der Waals surface area contributed by atoms with E-state index in [-0.39, 0.29) is 11.4 Å². The number of nitrogens with zero attached hydrogens (tertiary/aromatic N) is 1. The molecule has 2 rings (SSSR count). The average molecular weight is 372 g/mol. The topological polar surface area (TPSA) is 54.0 Å². The summed E-state index contributed by atoms with van der Waals surface area (Å²) in [5.41, 5.74) is -0.159. The molecule has 0 aliphatic rings. The molecule has 0 saturated heterocycles. The Morgan fingerprint density at radius 3 is 2.44 bits per heavy atom. The molecule has 4 nitrogen and oxygen atoms in total. The molecule has 0 radical (unpaired) electrons. The van der Waals surface area contributed by atoms with Crippen molar-refractivity contribution < 1.29 is 18.0 Å². The molecule has 1 aromatic heterocycles. The molecule has 0 aliphatic heterocycles. The van der Waals surface area contributed by atoms with Crippen LogP contribution in [0.3, 0.4) is 0 Å². The molecule has 0 unspecified atom stereocenters. The lowest BCUT2D eigenvalue weighted by Gasteiger charge is -2.12. The quantitative estimate of drug-likeness (QED) is 0.771. The lowest BCUT2D eigenvalue weighted by Crippen LogP contribution is -2.15. The van der Waals surface area contributed by atoms with Crippen LogP contribution < -0.4 is 10.6 Å². The summed E-state index contributed by atoms with van der Waals surface area (Å²) in [5.74, 6) is -0.151. The molecular weight excluding hydrogens is 355 g/mol. The number of carbonyl (C=O) groups is 1. The smallest absolute Gasteiger partial charge is 0.384 e. The maximum atomic E-state index is 12.8. The lowest BCUT2D eigenvalue weighted by atomic mass is 10.2. The van der Waals surface area contributed by atoms with Gasteiger partial charge in [-0.25, -0.2) is 4.98 Å². The standard InChI is InChI=1S/C17H17ClF3N3O/c1-10(2)8-22-12-4-6-15(23-9-12)16(25)24-11-3-5-14(18)13(7-11)17(19,20)21/h3-7,9-10,22H,8H2,1-2H3,(H,24,25). The van der Waals surface area contributed by atoms with E-state index in [1.54, 1.807) is 6.07 Å².